The van der Waals surface area contributed by atoms with Gasteiger partial charge < -0.3 is 0 Å². The Morgan fingerprint density at radius 1 is 1.54 bits per heavy atom. The van der Waals surface area contributed by atoms with E-state index in [0.717, 1.165) is 0 Å². The first-order chi connectivity index (χ1) is 6.15. The molecule has 0 saturated carbocycles. The van der Waals surface area contributed by atoms with Crippen LogP contribution >= 0.6 is 23.2 Å². The van der Waals surface area contributed by atoms with Gasteiger partial charge in [0.2, 0.25) is 0 Å². The number of allylic oxidation sites excluding steroid dienone is 1. The lowest BCUT2D eigenvalue weighted by molar-refractivity contribution is 0.737. The van der Waals surface area contributed by atoms with Crippen LogP contribution in [-0.4, -0.2) is 9.55 Å². The number of halogens is 2. The third-order valence-electron chi connectivity index (χ3n) is 1.36. The van der Waals surface area contributed by atoms with Crippen LogP contribution < -0.4 is 11.2 Å². The van der Waals surface area contributed by atoms with E-state index in [-0.39, 0.29) is 11.6 Å². The number of hydrogen-bond donors (Lipinski definition) is 1. The minimum absolute atomic E-state index is 0.0254. The molecule has 0 bridgehead atoms. The Morgan fingerprint density at radius 3 is 2.85 bits per heavy atom. The Bertz CT molecular complexity index is 433. The first-order valence-corrected chi connectivity index (χ1v) is 4.21. The smallest absolute Gasteiger partial charge is 0.295 e. The minimum atomic E-state index is -0.585. The summed E-state index contributed by atoms with van der Waals surface area (Å²) in [6, 6.07) is 0. The van der Waals surface area contributed by atoms with Crippen molar-refractivity contribution in [2.75, 3.05) is 0 Å². The molecule has 0 spiro atoms. The van der Waals surface area contributed by atoms with Gasteiger partial charge in [0.15, 0.2) is 0 Å². The van der Waals surface area contributed by atoms with Crippen molar-refractivity contribution in [3.05, 3.63) is 43.7 Å². The summed E-state index contributed by atoms with van der Waals surface area (Å²) in [5.74, 6) is 0. The first kappa shape index (κ1) is 10.1. The van der Waals surface area contributed by atoms with Crippen molar-refractivity contribution in [3.63, 3.8) is 0 Å². The molecule has 0 atom stereocenters. The molecule has 4 nitrogen and oxygen atoms in total. The van der Waals surface area contributed by atoms with E-state index < -0.39 is 11.2 Å². The lowest BCUT2D eigenvalue weighted by Crippen LogP contribution is -2.29. The number of nitrogens with one attached hydrogen (secondary N) is 1. The van der Waals surface area contributed by atoms with E-state index in [4.69, 9.17) is 23.2 Å². The van der Waals surface area contributed by atoms with Gasteiger partial charge in [0, 0.05) is 18.3 Å². The van der Waals surface area contributed by atoms with Crippen LogP contribution in [0.2, 0.25) is 5.02 Å². The summed E-state index contributed by atoms with van der Waals surface area (Å²) in [4.78, 5) is 23.9. The van der Waals surface area contributed by atoms with Crippen molar-refractivity contribution in [3.8, 4) is 0 Å². The maximum absolute atomic E-state index is 11.1. The molecule has 13 heavy (non-hydrogen) atoms. The summed E-state index contributed by atoms with van der Waals surface area (Å²) in [5, 5.41) is -0.0254. The zero-order chi connectivity index (χ0) is 9.84. The Hall–Kier alpha value is -1.000. The molecule has 0 saturated heterocycles. The molecular formula is C7H6Cl2N2O2. The Kier molecular flexibility index (Phi) is 3.33. The number of aromatic amines is 1. The van der Waals surface area contributed by atoms with Gasteiger partial charge >= 0.3 is 5.69 Å². The molecule has 0 fully saturated rings. The van der Waals surface area contributed by atoms with Crippen LogP contribution in [0.1, 0.15) is 0 Å². The van der Waals surface area contributed by atoms with Crippen molar-refractivity contribution in [1.82, 2.24) is 9.55 Å². The van der Waals surface area contributed by atoms with Crippen LogP contribution in [0.25, 0.3) is 0 Å². The highest BCUT2D eigenvalue weighted by molar-refractivity contribution is 6.30. The minimum Gasteiger partial charge on any atom is -0.295 e. The Morgan fingerprint density at radius 2 is 2.23 bits per heavy atom. The van der Waals surface area contributed by atoms with Gasteiger partial charge in [-0.15, -0.1) is 0 Å². The molecule has 1 heterocycles. The van der Waals surface area contributed by atoms with E-state index in [1.54, 1.807) is 6.08 Å². The quantitative estimate of drug-likeness (QED) is 0.807. The monoisotopic (exact) mass is 220 g/mol. The van der Waals surface area contributed by atoms with Gasteiger partial charge in [-0.05, 0) is 0 Å². The van der Waals surface area contributed by atoms with Crippen molar-refractivity contribution >= 4 is 23.2 Å². The Balaban J connectivity index is 3.16. The third kappa shape index (κ3) is 2.47. The van der Waals surface area contributed by atoms with Crippen LogP contribution in [-0.2, 0) is 6.54 Å². The fraction of sp³-hybridized carbons (Fsp3) is 0.143. The SMILES string of the molecule is O=c1[nH]c(=O)n(C/C=C/Cl)cc1Cl. The molecule has 0 unspecified atom stereocenters. The van der Waals surface area contributed by atoms with Crippen LogP contribution in [0.15, 0.2) is 27.4 Å². The van der Waals surface area contributed by atoms with Gasteiger partial charge in [0.25, 0.3) is 5.56 Å². The van der Waals surface area contributed by atoms with Crippen LogP contribution in [0, 0.1) is 0 Å². The van der Waals surface area contributed by atoms with E-state index in [1.165, 1.54) is 16.3 Å². The maximum atomic E-state index is 11.1. The standard InChI is InChI=1S/C7H6Cl2N2O2/c8-2-1-3-11-4-5(9)6(12)10-7(11)13/h1-2,4H,3H2,(H,10,12,13)/b2-1+. The van der Waals surface area contributed by atoms with Crippen molar-refractivity contribution in [2.45, 2.75) is 6.54 Å². The van der Waals surface area contributed by atoms with E-state index >= 15 is 0 Å². The molecule has 0 aromatic carbocycles. The van der Waals surface area contributed by atoms with Gasteiger partial charge in [-0.3, -0.25) is 14.3 Å². The lowest BCUT2D eigenvalue weighted by atomic mass is 10.5. The molecule has 0 aliphatic carbocycles. The van der Waals surface area contributed by atoms with E-state index in [1.807, 2.05) is 0 Å². The van der Waals surface area contributed by atoms with Crippen LogP contribution in [0.4, 0.5) is 0 Å². The predicted molar refractivity (Wildman–Crippen MR) is 51.3 cm³/mol. The van der Waals surface area contributed by atoms with Gasteiger partial charge in [0.05, 0.1) is 0 Å². The summed E-state index contributed by atoms with van der Waals surface area (Å²) < 4.78 is 1.24. The van der Waals surface area contributed by atoms with Crippen molar-refractivity contribution in [1.29, 1.82) is 0 Å². The summed E-state index contributed by atoms with van der Waals surface area (Å²) >= 11 is 10.8. The van der Waals surface area contributed by atoms with Crippen LogP contribution in [0.5, 0.6) is 0 Å². The summed E-state index contributed by atoms with van der Waals surface area (Å²) in [6.45, 7) is 0.277. The summed E-state index contributed by atoms with van der Waals surface area (Å²) in [6.07, 6.45) is 2.82. The Labute approximate surface area is 83.4 Å². The second-order valence-electron chi connectivity index (χ2n) is 2.25. The van der Waals surface area contributed by atoms with Crippen molar-refractivity contribution < 1.29 is 0 Å². The number of hydrogen-bond acceptors (Lipinski definition) is 2. The second kappa shape index (κ2) is 4.30. The molecule has 1 aromatic heterocycles. The molecule has 6 heteroatoms. The zero-order valence-electron chi connectivity index (χ0n) is 6.46. The molecule has 1 aromatic rings. The highest BCUT2D eigenvalue weighted by atomic mass is 35.5. The van der Waals surface area contributed by atoms with Crippen molar-refractivity contribution in [2.24, 2.45) is 0 Å². The normalized spacial score (nSPS) is 10.9. The van der Waals surface area contributed by atoms with E-state index in [0.29, 0.717) is 0 Å². The third-order valence-corrected chi connectivity index (χ3v) is 1.81. The number of H-pyrrole nitrogens is 1. The highest BCUT2D eigenvalue weighted by Crippen LogP contribution is 1.95. The van der Waals surface area contributed by atoms with E-state index in [9.17, 15) is 9.59 Å². The van der Waals surface area contributed by atoms with E-state index in [2.05, 4.69) is 4.98 Å². The second-order valence-corrected chi connectivity index (χ2v) is 2.91. The fourth-order valence-corrected chi connectivity index (χ4v) is 1.02. The highest BCUT2D eigenvalue weighted by Gasteiger charge is 1.99. The van der Waals surface area contributed by atoms with Gasteiger partial charge in [-0.25, -0.2) is 4.79 Å². The molecule has 1 N–H and O–H groups in total. The lowest BCUT2D eigenvalue weighted by Gasteiger charge is -1.99. The van der Waals surface area contributed by atoms with Crippen LogP contribution in [0.3, 0.4) is 0 Å². The predicted octanol–water partition coefficient (Wildman–Crippen LogP) is 0.942. The summed E-state index contributed by atoms with van der Waals surface area (Å²) in [5.41, 5.74) is 0.188. The van der Waals surface area contributed by atoms with Gasteiger partial charge in [-0.2, -0.15) is 0 Å². The van der Waals surface area contributed by atoms with Gasteiger partial charge in [0.1, 0.15) is 5.02 Å². The zero-order valence-corrected chi connectivity index (χ0v) is 7.97. The number of rotatable bonds is 2. The average molecular weight is 221 g/mol. The molecule has 70 valence electrons. The number of nitrogens with zero attached hydrogens (tertiary/aromatic N) is 1. The molecule has 0 aliphatic heterocycles. The topological polar surface area (TPSA) is 54.9 Å². The number of aromatic nitrogens is 2. The molecule has 0 radical (unpaired) electrons. The fourth-order valence-electron chi connectivity index (χ4n) is 0.772. The van der Waals surface area contributed by atoms with Gasteiger partial charge in [-0.1, -0.05) is 29.3 Å². The molecular weight excluding hydrogens is 215 g/mol. The molecule has 0 aliphatic rings. The summed E-state index contributed by atoms with van der Waals surface area (Å²) in [7, 11) is 0. The average Bonchev–Trinajstić information content (AvgIpc) is 2.09. The molecule has 1 rings (SSSR count). The first-order valence-electron chi connectivity index (χ1n) is 3.39. The molecule has 0 amide bonds. The largest absolute Gasteiger partial charge is 0.328 e. The maximum Gasteiger partial charge on any atom is 0.328 e.